The van der Waals surface area contributed by atoms with Gasteiger partial charge in [-0.3, -0.25) is 9.69 Å². The fourth-order valence-corrected chi connectivity index (χ4v) is 5.37. The number of aryl methyl sites for hydroxylation is 2. The van der Waals surface area contributed by atoms with Crippen molar-refractivity contribution in [1.29, 1.82) is 0 Å². The molecule has 4 aliphatic rings. The Morgan fingerprint density at radius 2 is 2.04 bits per heavy atom. The number of amides is 1. The van der Waals surface area contributed by atoms with Crippen molar-refractivity contribution in [3.05, 3.63) is 17.0 Å². The number of hydrogen-bond donors (Lipinski definition) is 0. The van der Waals surface area contributed by atoms with Gasteiger partial charge >= 0.3 is 0 Å². The SMILES string of the molecule is Cc1noc(C)c1CN1C[C@@H]2CC[C@H](C1)N(C(=O)CSCC1CC1)C2. The highest BCUT2D eigenvalue weighted by molar-refractivity contribution is 7.99. The predicted molar refractivity (Wildman–Crippen MR) is 99.5 cm³/mol. The second kappa shape index (κ2) is 7.31. The average molecular weight is 364 g/mol. The molecule has 0 aromatic carbocycles. The van der Waals surface area contributed by atoms with Crippen LogP contribution in [0.1, 0.15) is 42.7 Å². The third kappa shape index (κ3) is 4.05. The van der Waals surface area contributed by atoms with E-state index in [0.717, 1.165) is 50.0 Å². The summed E-state index contributed by atoms with van der Waals surface area (Å²) in [6.45, 7) is 7.93. The third-order valence-corrected chi connectivity index (χ3v) is 7.11. The van der Waals surface area contributed by atoms with Gasteiger partial charge in [0.2, 0.25) is 5.91 Å². The molecule has 3 aliphatic heterocycles. The fourth-order valence-electron chi connectivity index (χ4n) is 4.25. The van der Waals surface area contributed by atoms with E-state index < -0.39 is 0 Å². The summed E-state index contributed by atoms with van der Waals surface area (Å²) in [7, 11) is 0. The first-order chi connectivity index (χ1) is 12.1. The molecule has 138 valence electrons. The van der Waals surface area contributed by atoms with Crippen LogP contribution in [-0.4, -0.2) is 58.0 Å². The average Bonchev–Trinajstić information content (AvgIpc) is 3.40. The van der Waals surface area contributed by atoms with E-state index in [1.165, 1.54) is 30.6 Å². The molecule has 0 N–H and O–H groups in total. The molecule has 6 heteroatoms. The number of piperidine rings is 1. The normalized spacial score (nSPS) is 26.9. The smallest absolute Gasteiger partial charge is 0.232 e. The standard InChI is InChI=1S/C19H29N3O2S/c1-13-18(14(2)24-20-13)10-21-7-16-5-6-17(9-21)22(8-16)19(23)12-25-11-15-3-4-15/h15-17H,3-12H2,1-2H3/t16-,17+/m0/s1. The molecule has 0 spiro atoms. The highest BCUT2D eigenvalue weighted by Crippen LogP contribution is 2.33. The molecule has 4 fully saturated rings. The molecule has 2 bridgehead atoms. The number of thioether (sulfide) groups is 1. The van der Waals surface area contributed by atoms with Crippen LogP contribution < -0.4 is 0 Å². The van der Waals surface area contributed by atoms with Crippen LogP contribution >= 0.6 is 11.8 Å². The van der Waals surface area contributed by atoms with E-state index in [2.05, 4.69) is 15.0 Å². The molecule has 0 unspecified atom stereocenters. The summed E-state index contributed by atoms with van der Waals surface area (Å²) in [6, 6.07) is 0.383. The minimum absolute atomic E-state index is 0.361. The monoisotopic (exact) mass is 363 g/mol. The molecular formula is C19H29N3O2S. The number of aromatic nitrogens is 1. The molecule has 1 amide bonds. The first-order valence-electron chi connectivity index (χ1n) is 9.61. The molecule has 1 aliphatic carbocycles. The van der Waals surface area contributed by atoms with Gasteiger partial charge in [-0.05, 0) is 57.1 Å². The van der Waals surface area contributed by atoms with Gasteiger partial charge in [-0.25, -0.2) is 0 Å². The minimum atomic E-state index is 0.361. The zero-order valence-corrected chi connectivity index (χ0v) is 16.2. The van der Waals surface area contributed by atoms with E-state index in [1.54, 1.807) is 0 Å². The quantitative estimate of drug-likeness (QED) is 0.778. The first kappa shape index (κ1) is 17.4. The van der Waals surface area contributed by atoms with Gasteiger partial charge in [0, 0.05) is 37.8 Å². The summed E-state index contributed by atoms with van der Waals surface area (Å²) in [5.74, 6) is 4.63. The summed E-state index contributed by atoms with van der Waals surface area (Å²) >= 11 is 1.84. The molecule has 1 saturated carbocycles. The Hall–Kier alpha value is -1.01. The lowest BCUT2D eigenvalue weighted by molar-refractivity contribution is -0.132. The fraction of sp³-hybridized carbons (Fsp3) is 0.789. The van der Waals surface area contributed by atoms with E-state index in [-0.39, 0.29) is 0 Å². The summed E-state index contributed by atoms with van der Waals surface area (Å²) < 4.78 is 5.32. The molecule has 1 aromatic rings. The van der Waals surface area contributed by atoms with E-state index >= 15 is 0 Å². The van der Waals surface area contributed by atoms with Gasteiger partial charge in [-0.15, -0.1) is 0 Å². The second-order valence-electron chi connectivity index (χ2n) is 8.10. The van der Waals surface area contributed by atoms with E-state index in [9.17, 15) is 4.79 Å². The lowest BCUT2D eigenvalue weighted by Crippen LogP contribution is -2.48. The maximum Gasteiger partial charge on any atom is 0.232 e. The summed E-state index contributed by atoms with van der Waals surface area (Å²) in [5, 5.41) is 4.09. The summed E-state index contributed by atoms with van der Waals surface area (Å²) in [5.41, 5.74) is 2.22. The van der Waals surface area contributed by atoms with Gasteiger partial charge in [-0.2, -0.15) is 11.8 Å². The lowest BCUT2D eigenvalue weighted by atomic mass is 9.95. The minimum Gasteiger partial charge on any atom is -0.361 e. The molecular weight excluding hydrogens is 334 g/mol. The molecule has 25 heavy (non-hydrogen) atoms. The molecule has 1 aromatic heterocycles. The van der Waals surface area contributed by atoms with Gasteiger partial charge in [0.05, 0.1) is 11.4 Å². The van der Waals surface area contributed by atoms with Gasteiger partial charge in [0.15, 0.2) is 0 Å². The van der Waals surface area contributed by atoms with E-state index in [1.807, 2.05) is 25.6 Å². The van der Waals surface area contributed by atoms with E-state index in [4.69, 9.17) is 4.52 Å². The Balaban J connectivity index is 1.37. The van der Waals surface area contributed by atoms with Crippen molar-refractivity contribution < 1.29 is 9.32 Å². The van der Waals surface area contributed by atoms with Gasteiger partial charge in [-0.1, -0.05) is 5.16 Å². The Kier molecular flexibility index (Phi) is 5.09. The number of nitrogens with zero attached hydrogens (tertiary/aromatic N) is 3. The van der Waals surface area contributed by atoms with Crippen molar-refractivity contribution in [1.82, 2.24) is 15.0 Å². The van der Waals surface area contributed by atoms with Crippen molar-refractivity contribution in [2.75, 3.05) is 31.1 Å². The van der Waals surface area contributed by atoms with Crippen LogP contribution in [0.4, 0.5) is 0 Å². The van der Waals surface area contributed by atoms with Crippen LogP contribution in [0.3, 0.4) is 0 Å². The Labute approximate surface area is 154 Å². The lowest BCUT2D eigenvalue weighted by Gasteiger charge is -2.36. The van der Waals surface area contributed by atoms with Crippen LogP contribution in [0.25, 0.3) is 0 Å². The number of rotatable bonds is 6. The number of carbonyl (C=O) groups is 1. The first-order valence-corrected chi connectivity index (χ1v) is 10.8. The van der Waals surface area contributed by atoms with Crippen LogP contribution in [0, 0.1) is 25.7 Å². The van der Waals surface area contributed by atoms with Gasteiger partial charge in [0.1, 0.15) is 5.76 Å². The molecule has 5 rings (SSSR count). The van der Waals surface area contributed by atoms with E-state index in [0.29, 0.717) is 23.6 Å². The van der Waals surface area contributed by atoms with Crippen molar-refractivity contribution in [3.8, 4) is 0 Å². The molecule has 0 radical (unpaired) electrons. The van der Waals surface area contributed by atoms with Crippen LogP contribution in [-0.2, 0) is 11.3 Å². The molecule has 2 atom stereocenters. The maximum absolute atomic E-state index is 12.7. The number of hydrogen-bond acceptors (Lipinski definition) is 5. The maximum atomic E-state index is 12.7. The molecule has 4 heterocycles. The van der Waals surface area contributed by atoms with Gasteiger partial charge < -0.3 is 9.42 Å². The van der Waals surface area contributed by atoms with Crippen molar-refractivity contribution in [3.63, 3.8) is 0 Å². The Morgan fingerprint density at radius 3 is 2.76 bits per heavy atom. The highest BCUT2D eigenvalue weighted by atomic mass is 32.2. The van der Waals surface area contributed by atoms with Crippen molar-refractivity contribution in [2.24, 2.45) is 11.8 Å². The second-order valence-corrected chi connectivity index (χ2v) is 9.13. The number of carbonyl (C=O) groups excluding carboxylic acids is 1. The summed E-state index contributed by atoms with van der Waals surface area (Å²) in [4.78, 5) is 17.4. The highest BCUT2D eigenvalue weighted by Gasteiger charge is 2.37. The van der Waals surface area contributed by atoms with Crippen LogP contribution in [0.15, 0.2) is 4.52 Å². The van der Waals surface area contributed by atoms with Crippen molar-refractivity contribution >= 4 is 17.7 Å². The largest absolute Gasteiger partial charge is 0.361 e. The van der Waals surface area contributed by atoms with Crippen LogP contribution in [0.2, 0.25) is 0 Å². The summed E-state index contributed by atoms with van der Waals surface area (Å²) in [6.07, 6.45) is 5.14. The Bertz CT molecular complexity index is 609. The molecule has 3 saturated heterocycles. The number of fused-ring (bicyclic) bond motifs is 4. The molecule has 5 nitrogen and oxygen atoms in total. The zero-order chi connectivity index (χ0) is 17.4. The van der Waals surface area contributed by atoms with Gasteiger partial charge in [0.25, 0.3) is 0 Å². The zero-order valence-electron chi connectivity index (χ0n) is 15.4. The Morgan fingerprint density at radius 1 is 1.20 bits per heavy atom. The van der Waals surface area contributed by atoms with Crippen LogP contribution in [0.5, 0.6) is 0 Å². The van der Waals surface area contributed by atoms with Crippen molar-refractivity contribution in [2.45, 2.75) is 52.1 Å². The predicted octanol–water partition coefficient (Wildman–Crippen LogP) is 2.86. The third-order valence-electron chi connectivity index (χ3n) is 5.95. The topological polar surface area (TPSA) is 49.6 Å².